The number of rotatable bonds is 8. The summed E-state index contributed by atoms with van der Waals surface area (Å²) in [6.45, 7) is 19.4. The van der Waals surface area contributed by atoms with Crippen LogP contribution in [-0.2, 0) is 0 Å². The van der Waals surface area contributed by atoms with Gasteiger partial charge in [0.15, 0.2) is 17.3 Å². The number of Topliss-reactive ketones (excluding diaryl/α,β-unsaturated/α-hetero) is 3. The van der Waals surface area contributed by atoms with Crippen molar-refractivity contribution in [1.29, 1.82) is 0 Å². The Morgan fingerprint density at radius 3 is 1.41 bits per heavy atom. The topological polar surface area (TPSA) is 60.4 Å². The number of hydrogen-bond donors (Lipinski definition) is 0. The predicted molar refractivity (Wildman–Crippen MR) is 162 cm³/mol. The van der Waals surface area contributed by atoms with E-state index in [1.165, 1.54) is 5.56 Å². The van der Waals surface area contributed by atoms with Crippen LogP contribution in [0.3, 0.4) is 0 Å². The van der Waals surface area contributed by atoms with E-state index in [2.05, 4.69) is 0 Å². The Hall–Kier alpha value is -3.53. The van der Waals surface area contributed by atoms with Gasteiger partial charge in [0, 0.05) is 28.9 Å². The molecule has 0 aliphatic rings. The maximum Gasteiger partial charge on any atom is 0.169 e. The minimum Gasteiger partial charge on any atom is -0.490 e. The van der Waals surface area contributed by atoms with Crippen LogP contribution in [0.1, 0.15) is 97.6 Å². The molecule has 0 fully saturated rings. The molecule has 39 heavy (non-hydrogen) atoms. The number of hydrogen-bond acceptors (Lipinski definition) is 4. The lowest BCUT2D eigenvalue weighted by Crippen LogP contribution is -2.13. The smallest absolute Gasteiger partial charge is 0.169 e. The first-order valence-corrected chi connectivity index (χ1v) is 13.8. The van der Waals surface area contributed by atoms with E-state index in [1.807, 2.05) is 142 Å². The van der Waals surface area contributed by atoms with Gasteiger partial charge in [-0.25, -0.2) is 0 Å². The third-order valence-corrected chi connectivity index (χ3v) is 5.73. The predicted octanol–water partition coefficient (Wildman–Crippen LogP) is 8.98. The average Bonchev–Trinajstić information content (AvgIpc) is 2.88. The minimum absolute atomic E-state index is 0.00258. The molecule has 3 aromatic carbocycles. The lowest BCUT2D eigenvalue weighted by molar-refractivity contribution is 0.0927. The fourth-order valence-electron chi connectivity index (χ4n) is 3.48. The summed E-state index contributed by atoms with van der Waals surface area (Å²) in [5.74, 6) is 1.45. The lowest BCUT2D eigenvalue weighted by atomic mass is 9.99. The van der Waals surface area contributed by atoms with Crippen molar-refractivity contribution in [2.45, 2.75) is 75.3 Å². The van der Waals surface area contributed by atoms with Crippen LogP contribution in [0.2, 0.25) is 0 Å². The minimum atomic E-state index is -0.00258. The van der Waals surface area contributed by atoms with Gasteiger partial charge in [0.25, 0.3) is 0 Å². The molecule has 3 rings (SSSR count). The van der Waals surface area contributed by atoms with Crippen molar-refractivity contribution in [1.82, 2.24) is 0 Å². The van der Waals surface area contributed by atoms with Gasteiger partial charge in [0.2, 0.25) is 0 Å². The highest BCUT2D eigenvalue weighted by Crippen LogP contribution is 2.24. The first-order valence-electron chi connectivity index (χ1n) is 13.8. The summed E-state index contributed by atoms with van der Waals surface area (Å²) in [5, 5.41) is 0. The Morgan fingerprint density at radius 1 is 0.538 bits per heavy atom. The van der Waals surface area contributed by atoms with Gasteiger partial charge in [-0.15, -0.1) is 0 Å². The number of carbonyl (C=O) groups excluding carboxylic acids is 3. The molecule has 0 N–H and O–H groups in total. The highest BCUT2D eigenvalue weighted by Gasteiger charge is 2.16. The summed E-state index contributed by atoms with van der Waals surface area (Å²) < 4.78 is 5.68. The molecule has 210 valence electrons. The van der Waals surface area contributed by atoms with Gasteiger partial charge in [0.1, 0.15) is 5.75 Å². The molecule has 0 radical (unpaired) electrons. The normalized spacial score (nSPS) is 10.5. The number of aryl methyl sites for hydroxylation is 2. The first kappa shape index (κ1) is 33.5. The Balaban J connectivity index is 0.000000299. The molecule has 0 spiro atoms. The molecule has 3 aromatic rings. The maximum absolute atomic E-state index is 12.0. The molecule has 0 aromatic heterocycles. The van der Waals surface area contributed by atoms with Crippen molar-refractivity contribution >= 4 is 17.3 Å². The summed E-state index contributed by atoms with van der Waals surface area (Å²) in [6, 6.07) is 22.8. The van der Waals surface area contributed by atoms with E-state index < -0.39 is 0 Å². The van der Waals surface area contributed by atoms with E-state index in [9.17, 15) is 14.4 Å². The van der Waals surface area contributed by atoms with Crippen LogP contribution >= 0.6 is 0 Å². The van der Waals surface area contributed by atoms with E-state index in [0.717, 1.165) is 16.7 Å². The van der Waals surface area contributed by atoms with Crippen LogP contribution in [0, 0.1) is 31.6 Å². The fraction of sp³-hybridized carbons (Fsp3) is 0.400. The molecule has 0 saturated heterocycles. The van der Waals surface area contributed by atoms with Crippen LogP contribution in [0.5, 0.6) is 5.75 Å². The lowest BCUT2D eigenvalue weighted by Gasteiger charge is -2.15. The summed E-state index contributed by atoms with van der Waals surface area (Å²) in [6.07, 6.45) is 0.0838. The third kappa shape index (κ3) is 11.8. The van der Waals surface area contributed by atoms with Gasteiger partial charge in [-0.2, -0.15) is 0 Å². The highest BCUT2D eigenvalue weighted by molar-refractivity contribution is 6.00. The van der Waals surface area contributed by atoms with E-state index in [0.29, 0.717) is 11.3 Å². The summed E-state index contributed by atoms with van der Waals surface area (Å²) in [7, 11) is 0. The van der Waals surface area contributed by atoms with Crippen molar-refractivity contribution in [3.05, 3.63) is 101 Å². The monoisotopic (exact) mass is 530 g/mol. The molecule has 0 atom stereocenters. The van der Waals surface area contributed by atoms with Crippen LogP contribution in [-0.4, -0.2) is 23.5 Å². The molecule has 0 aliphatic carbocycles. The molecule has 0 amide bonds. The molecule has 0 saturated carbocycles. The van der Waals surface area contributed by atoms with Crippen LogP contribution in [0.25, 0.3) is 0 Å². The number of benzene rings is 3. The van der Waals surface area contributed by atoms with E-state index in [-0.39, 0.29) is 41.2 Å². The first-order chi connectivity index (χ1) is 18.2. The summed E-state index contributed by atoms with van der Waals surface area (Å²) in [4.78, 5) is 34.8. The van der Waals surface area contributed by atoms with E-state index in [1.54, 1.807) is 0 Å². The van der Waals surface area contributed by atoms with Crippen LogP contribution < -0.4 is 4.74 Å². The fourth-order valence-corrected chi connectivity index (χ4v) is 3.48. The number of ketones is 3. The Morgan fingerprint density at radius 2 is 0.974 bits per heavy atom. The van der Waals surface area contributed by atoms with Gasteiger partial charge in [-0.3, -0.25) is 14.4 Å². The van der Waals surface area contributed by atoms with Crippen molar-refractivity contribution in [2.24, 2.45) is 17.8 Å². The van der Waals surface area contributed by atoms with Gasteiger partial charge < -0.3 is 4.74 Å². The maximum atomic E-state index is 12.0. The van der Waals surface area contributed by atoms with Gasteiger partial charge in [-0.1, -0.05) is 108 Å². The number of ether oxygens (including phenoxy) is 1. The zero-order chi connectivity index (χ0) is 29.7. The largest absolute Gasteiger partial charge is 0.490 e. The Kier molecular flexibility index (Phi) is 14.1. The zero-order valence-corrected chi connectivity index (χ0v) is 25.4. The zero-order valence-electron chi connectivity index (χ0n) is 25.4. The van der Waals surface area contributed by atoms with Crippen molar-refractivity contribution in [3.8, 4) is 5.75 Å². The second kappa shape index (κ2) is 16.4. The van der Waals surface area contributed by atoms with Crippen molar-refractivity contribution < 1.29 is 19.1 Å². The van der Waals surface area contributed by atoms with Gasteiger partial charge in [-0.05, 0) is 45.4 Å². The standard InChI is InChI=1S/C14H20O2.C11H14O.C10H12O/c1-9(2)14(15)12-7-6-11(5)8-13(12)16-10(3)4;1-8(2)11(12)10-6-4-9(3)5-7-10;1-8(2)10(11)9-6-4-3-5-7-9/h6-10H,1-5H3;4-8H,1-3H3;3-8H,1-2H3. The molecule has 0 bridgehead atoms. The average molecular weight is 531 g/mol. The highest BCUT2D eigenvalue weighted by atomic mass is 16.5. The quantitative estimate of drug-likeness (QED) is 0.273. The van der Waals surface area contributed by atoms with E-state index in [4.69, 9.17) is 4.74 Å². The second-order valence-corrected chi connectivity index (χ2v) is 11.0. The molecule has 4 heteroatoms. The van der Waals surface area contributed by atoms with Crippen molar-refractivity contribution in [2.75, 3.05) is 0 Å². The molecule has 4 nitrogen and oxygen atoms in total. The molecular weight excluding hydrogens is 484 g/mol. The molecule has 0 unspecified atom stereocenters. The summed E-state index contributed by atoms with van der Waals surface area (Å²) in [5.41, 5.74) is 4.61. The van der Waals surface area contributed by atoms with Gasteiger partial charge >= 0.3 is 0 Å². The molecular formula is C35H46O4. The third-order valence-electron chi connectivity index (χ3n) is 5.73. The molecule has 0 heterocycles. The second-order valence-electron chi connectivity index (χ2n) is 11.0. The van der Waals surface area contributed by atoms with Gasteiger partial charge in [0.05, 0.1) is 11.7 Å². The SMILES string of the molecule is CC(C)C(=O)c1ccccc1.Cc1ccc(C(=O)C(C)C)c(OC(C)C)c1.Cc1ccc(C(=O)C(C)C)cc1. The Labute approximate surface area is 235 Å². The van der Waals surface area contributed by atoms with Crippen LogP contribution in [0.15, 0.2) is 72.8 Å². The Bertz CT molecular complexity index is 1190. The number of carbonyl (C=O) groups is 3. The molecule has 0 aliphatic heterocycles. The van der Waals surface area contributed by atoms with Crippen molar-refractivity contribution in [3.63, 3.8) is 0 Å². The summed E-state index contributed by atoms with van der Waals surface area (Å²) >= 11 is 0. The van der Waals surface area contributed by atoms with E-state index >= 15 is 0 Å². The van der Waals surface area contributed by atoms with Crippen LogP contribution in [0.4, 0.5) is 0 Å².